The van der Waals surface area contributed by atoms with E-state index in [1.807, 2.05) is 0 Å². The number of aldehydes is 1. The molecule has 1 N–H and O–H groups in total. The Bertz CT molecular complexity index is 603. The molecule has 0 spiro atoms. The summed E-state index contributed by atoms with van der Waals surface area (Å²) in [5.74, 6) is 0.553. The van der Waals surface area contributed by atoms with Gasteiger partial charge in [-0.3, -0.25) is 4.79 Å². The Morgan fingerprint density at radius 2 is 1.94 bits per heavy atom. The van der Waals surface area contributed by atoms with Crippen LogP contribution in [0.5, 0.6) is 0 Å². The molecule has 1 aromatic carbocycles. The van der Waals surface area contributed by atoms with Gasteiger partial charge in [0.15, 0.2) is 6.29 Å². The van der Waals surface area contributed by atoms with Crippen LogP contribution in [0.1, 0.15) is 58.8 Å². The van der Waals surface area contributed by atoms with E-state index >= 15 is 0 Å². The van der Waals surface area contributed by atoms with Gasteiger partial charge in [0.1, 0.15) is 0 Å². The maximum atomic E-state index is 11.5. The van der Waals surface area contributed by atoms with Crippen molar-refractivity contribution < 1.29 is 4.79 Å². The second-order valence-corrected chi connectivity index (χ2v) is 5.56. The smallest absolute Gasteiger partial charge is 0.152 e. The number of benzene rings is 1. The molecular weight excluding hydrogens is 222 g/mol. The zero-order valence-electron chi connectivity index (χ0n) is 11.0. The molecule has 0 atom stereocenters. The molecule has 2 aromatic rings. The van der Waals surface area contributed by atoms with Crippen molar-refractivity contribution in [2.24, 2.45) is 0 Å². The third kappa shape index (κ3) is 1.67. The third-order valence-corrected chi connectivity index (χ3v) is 4.19. The number of rotatable bonds is 2. The topological polar surface area (TPSA) is 32.9 Å². The van der Waals surface area contributed by atoms with E-state index in [-0.39, 0.29) is 0 Å². The van der Waals surface area contributed by atoms with Crippen LogP contribution in [0, 0.1) is 13.8 Å². The Labute approximate surface area is 107 Å². The van der Waals surface area contributed by atoms with Gasteiger partial charge in [0, 0.05) is 22.2 Å². The Balaban J connectivity index is 2.26. The van der Waals surface area contributed by atoms with Gasteiger partial charge in [-0.1, -0.05) is 18.9 Å². The van der Waals surface area contributed by atoms with Gasteiger partial charge in [-0.05, 0) is 49.8 Å². The molecule has 18 heavy (non-hydrogen) atoms. The molecular formula is C16H19NO. The molecule has 0 bridgehead atoms. The van der Waals surface area contributed by atoms with Crippen molar-refractivity contribution in [3.8, 4) is 0 Å². The SMILES string of the molecule is Cc1cc(C)c2c(C=O)c(C3CCCC3)[nH]c2c1. The van der Waals surface area contributed by atoms with Gasteiger partial charge in [0.2, 0.25) is 0 Å². The molecule has 0 aliphatic heterocycles. The van der Waals surface area contributed by atoms with Gasteiger partial charge in [0.25, 0.3) is 0 Å². The summed E-state index contributed by atoms with van der Waals surface area (Å²) in [5, 5.41) is 1.12. The maximum absolute atomic E-state index is 11.5. The van der Waals surface area contributed by atoms with Gasteiger partial charge >= 0.3 is 0 Å². The summed E-state index contributed by atoms with van der Waals surface area (Å²) in [6.45, 7) is 4.19. The van der Waals surface area contributed by atoms with E-state index in [1.165, 1.54) is 42.5 Å². The highest BCUT2D eigenvalue weighted by Crippen LogP contribution is 2.38. The summed E-state index contributed by atoms with van der Waals surface area (Å²) in [5.41, 5.74) is 5.64. The second-order valence-electron chi connectivity index (χ2n) is 5.56. The number of hydrogen-bond donors (Lipinski definition) is 1. The first-order chi connectivity index (χ1) is 8.70. The van der Waals surface area contributed by atoms with Crippen LogP contribution in [-0.4, -0.2) is 11.3 Å². The van der Waals surface area contributed by atoms with Gasteiger partial charge in [-0.15, -0.1) is 0 Å². The van der Waals surface area contributed by atoms with E-state index in [0.717, 1.165) is 22.8 Å². The minimum Gasteiger partial charge on any atom is -0.358 e. The van der Waals surface area contributed by atoms with Crippen molar-refractivity contribution >= 4 is 17.2 Å². The number of carbonyl (C=O) groups excluding carboxylic acids is 1. The Hall–Kier alpha value is -1.57. The zero-order chi connectivity index (χ0) is 12.7. The summed E-state index contributed by atoms with van der Waals surface area (Å²) < 4.78 is 0. The largest absolute Gasteiger partial charge is 0.358 e. The van der Waals surface area contributed by atoms with Gasteiger partial charge in [-0.2, -0.15) is 0 Å². The number of hydrogen-bond acceptors (Lipinski definition) is 1. The number of aromatic nitrogens is 1. The zero-order valence-corrected chi connectivity index (χ0v) is 11.0. The fourth-order valence-corrected chi connectivity index (χ4v) is 3.43. The second kappa shape index (κ2) is 4.27. The molecule has 2 heteroatoms. The molecule has 1 aliphatic rings. The fourth-order valence-electron chi connectivity index (χ4n) is 3.43. The van der Waals surface area contributed by atoms with Gasteiger partial charge in [-0.25, -0.2) is 0 Å². The lowest BCUT2D eigenvalue weighted by Gasteiger charge is -2.07. The summed E-state index contributed by atoms with van der Waals surface area (Å²) >= 11 is 0. The fraction of sp³-hybridized carbons (Fsp3) is 0.438. The summed E-state index contributed by atoms with van der Waals surface area (Å²) in [7, 11) is 0. The quantitative estimate of drug-likeness (QED) is 0.783. The lowest BCUT2D eigenvalue weighted by molar-refractivity contribution is 0.112. The average molecular weight is 241 g/mol. The molecule has 3 rings (SSSR count). The van der Waals surface area contributed by atoms with Crippen LogP contribution < -0.4 is 0 Å². The van der Waals surface area contributed by atoms with E-state index in [9.17, 15) is 4.79 Å². The molecule has 0 amide bonds. The number of H-pyrrole nitrogens is 1. The van der Waals surface area contributed by atoms with E-state index in [4.69, 9.17) is 0 Å². The van der Waals surface area contributed by atoms with Crippen LogP contribution in [0.2, 0.25) is 0 Å². The summed E-state index contributed by atoms with van der Waals surface area (Å²) in [6, 6.07) is 4.30. The predicted molar refractivity (Wildman–Crippen MR) is 74.4 cm³/mol. The molecule has 2 nitrogen and oxygen atoms in total. The molecule has 1 aromatic heterocycles. The normalized spacial score (nSPS) is 16.6. The monoisotopic (exact) mass is 241 g/mol. The Morgan fingerprint density at radius 3 is 2.61 bits per heavy atom. The molecule has 1 saturated carbocycles. The van der Waals surface area contributed by atoms with Gasteiger partial charge < -0.3 is 4.98 Å². The van der Waals surface area contributed by atoms with Crippen LogP contribution in [0.15, 0.2) is 12.1 Å². The number of aryl methyl sites for hydroxylation is 2. The standard InChI is InChI=1S/C16H19NO/c1-10-7-11(2)15-13(9-18)16(17-14(15)8-10)12-5-3-4-6-12/h7-9,12,17H,3-6H2,1-2H3. The molecule has 0 radical (unpaired) electrons. The minimum absolute atomic E-state index is 0.553. The van der Waals surface area contributed by atoms with Crippen LogP contribution >= 0.6 is 0 Å². The van der Waals surface area contributed by atoms with E-state index in [1.54, 1.807) is 0 Å². The molecule has 0 saturated heterocycles. The highest BCUT2D eigenvalue weighted by atomic mass is 16.1. The van der Waals surface area contributed by atoms with Crippen LogP contribution in [-0.2, 0) is 0 Å². The molecule has 94 valence electrons. The van der Waals surface area contributed by atoms with E-state index < -0.39 is 0 Å². The van der Waals surface area contributed by atoms with Crippen LogP contribution in [0.3, 0.4) is 0 Å². The van der Waals surface area contributed by atoms with Gasteiger partial charge in [0.05, 0.1) is 0 Å². The van der Waals surface area contributed by atoms with Crippen molar-refractivity contribution in [1.29, 1.82) is 0 Å². The number of fused-ring (bicyclic) bond motifs is 1. The van der Waals surface area contributed by atoms with Crippen molar-refractivity contribution in [2.75, 3.05) is 0 Å². The first kappa shape index (κ1) is 11.5. The lowest BCUT2D eigenvalue weighted by atomic mass is 9.97. The van der Waals surface area contributed by atoms with Crippen molar-refractivity contribution in [2.45, 2.75) is 45.4 Å². The Kier molecular flexibility index (Phi) is 2.73. The molecule has 1 heterocycles. The van der Waals surface area contributed by atoms with Crippen molar-refractivity contribution in [1.82, 2.24) is 4.98 Å². The first-order valence-electron chi connectivity index (χ1n) is 6.78. The van der Waals surface area contributed by atoms with E-state index in [0.29, 0.717) is 5.92 Å². The number of aromatic amines is 1. The third-order valence-electron chi connectivity index (χ3n) is 4.19. The summed E-state index contributed by atoms with van der Waals surface area (Å²) in [4.78, 5) is 15.0. The van der Waals surface area contributed by atoms with Crippen molar-refractivity contribution in [3.05, 3.63) is 34.5 Å². The lowest BCUT2D eigenvalue weighted by Crippen LogP contribution is -1.96. The molecule has 1 aliphatic carbocycles. The van der Waals surface area contributed by atoms with Crippen molar-refractivity contribution in [3.63, 3.8) is 0 Å². The maximum Gasteiger partial charge on any atom is 0.152 e. The first-order valence-corrected chi connectivity index (χ1v) is 6.78. The number of carbonyl (C=O) groups is 1. The Morgan fingerprint density at radius 1 is 1.22 bits per heavy atom. The summed E-state index contributed by atoms with van der Waals surface area (Å²) in [6.07, 6.45) is 6.04. The number of nitrogens with one attached hydrogen (secondary N) is 1. The highest BCUT2D eigenvalue weighted by Gasteiger charge is 2.23. The predicted octanol–water partition coefficient (Wildman–Crippen LogP) is 4.25. The average Bonchev–Trinajstić information content (AvgIpc) is 2.93. The molecule has 1 fully saturated rings. The van der Waals surface area contributed by atoms with Crippen LogP contribution in [0.25, 0.3) is 10.9 Å². The van der Waals surface area contributed by atoms with E-state index in [2.05, 4.69) is 31.0 Å². The highest BCUT2D eigenvalue weighted by molar-refractivity contribution is 6.01. The molecule has 0 unspecified atom stereocenters. The minimum atomic E-state index is 0.553. The van der Waals surface area contributed by atoms with Crippen LogP contribution in [0.4, 0.5) is 0 Å².